The molecule has 0 spiro atoms. The molecule has 49 heavy (non-hydrogen) atoms. The van der Waals surface area contributed by atoms with E-state index in [4.69, 9.17) is 24.4 Å². The summed E-state index contributed by atoms with van der Waals surface area (Å²) in [5.41, 5.74) is 1.04. The molecule has 4 aromatic carbocycles. The van der Waals surface area contributed by atoms with Crippen LogP contribution >= 0.6 is 22.7 Å². The third-order valence-corrected chi connectivity index (χ3v) is 9.35. The lowest BCUT2D eigenvalue weighted by molar-refractivity contribution is -0.139. The van der Waals surface area contributed by atoms with Crippen LogP contribution in [0, 0.1) is 5.82 Å². The van der Waals surface area contributed by atoms with Crippen LogP contribution in [0.4, 0.5) is 4.39 Å². The molecule has 6 rings (SSSR count). The van der Waals surface area contributed by atoms with Gasteiger partial charge >= 0.3 is 11.9 Å². The molecule has 12 heteroatoms. The number of ketones is 2. The van der Waals surface area contributed by atoms with Crippen LogP contribution < -0.4 is 14.2 Å². The summed E-state index contributed by atoms with van der Waals surface area (Å²) in [6.45, 7) is 1.62. The molecule has 2 aromatic heterocycles. The number of hydrogen-bond acceptors (Lipinski definition) is 9. The Labute approximate surface area is 287 Å². The van der Waals surface area contributed by atoms with Gasteiger partial charge in [-0.15, -0.1) is 22.7 Å². The molecular formula is C37H29FO9S2. The highest BCUT2D eigenvalue weighted by atomic mass is 32.1. The van der Waals surface area contributed by atoms with Crippen LogP contribution in [0.1, 0.15) is 37.4 Å². The molecule has 0 amide bonds. The van der Waals surface area contributed by atoms with Gasteiger partial charge in [0.1, 0.15) is 46.0 Å². The first-order valence-corrected chi connectivity index (χ1v) is 16.5. The smallest absolute Gasteiger partial charge is 0.341 e. The standard InChI is InChI=1S/C20H18O5S.C17H11FO4S/c1-13(21)20-19(16-4-2-3-5-17(16)26-20)25-11-10-24-15-8-6-14(7-9-15)12-18(22)23;18-11-7-5-10(6-8-11)15(21)17-16(22-9-14(19)20)12-3-1-2-4-13(12)23-17/h2-9H,10-12H2,1H3,(H,22,23);1-8H,9H2,(H,19,20). The number of halogens is 1. The average Bonchev–Trinajstić information content (AvgIpc) is 3.65. The van der Waals surface area contributed by atoms with E-state index in [0.29, 0.717) is 45.4 Å². The largest absolute Gasteiger partial charge is 0.490 e. The molecule has 0 aliphatic carbocycles. The molecule has 2 N–H and O–H groups in total. The summed E-state index contributed by atoms with van der Waals surface area (Å²) in [4.78, 5) is 46.9. The first-order valence-electron chi connectivity index (χ1n) is 14.9. The summed E-state index contributed by atoms with van der Waals surface area (Å²) in [5, 5.41) is 19.2. The van der Waals surface area contributed by atoms with Gasteiger partial charge in [0.2, 0.25) is 5.78 Å². The molecule has 0 aliphatic rings. The highest BCUT2D eigenvalue weighted by Crippen LogP contribution is 2.39. The van der Waals surface area contributed by atoms with Gasteiger partial charge in [0.15, 0.2) is 12.4 Å². The van der Waals surface area contributed by atoms with Gasteiger partial charge < -0.3 is 24.4 Å². The fourth-order valence-corrected chi connectivity index (χ4v) is 6.91. The van der Waals surface area contributed by atoms with E-state index in [1.165, 1.54) is 53.9 Å². The third-order valence-electron chi connectivity index (χ3n) is 6.95. The molecule has 0 bridgehead atoms. The van der Waals surface area contributed by atoms with Crippen molar-refractivity contribution in [3.63, 3.8) is 0 Å². The molecule has 2 heterocycles. The lowest BCUT2D eigenvalue weighted by Gasteiger charge is -2.09. The predicted octanol–water partition coefficient (Wildman–Crippen LogP) is 7.92. The van der Waals surface area contributed by atoms with Crippen molar-refractivity contribution in [2.45, 2.75) is 13.3 Å². The quantitative estimate of drug-likeness (QED) is 0.0909. The van der Waals surface area contributed by atoms with Crippen LogP contribution in [0.15, 0.2) is 97.1 Å². The Kier molecular flexibility index (Phi) is 11.3. The Hall–Kier alpha value is -5.59. The number of rotatable bonds is 13. The molecule has 0 saturated carbocycles. The number of hydrogen-bond donors (Lipinski definition) is 2. The Morgan fingerprint density at radius 1 is 0.653 bits per heavy atom. The summed E-state index contributed by atoms with van der Waals surface area (Å²) < 4.78 is 31.6. The number of fused-ring (bicyclic) bond motifs is 2. The number of thiophene rings is 2. The molecule has 0 aliphatic heterocycles. The average molecular weight is 701 g/mol. The first kappa shape index (κ1) is 34.7. The summed E-state index contributed by atoms with van der Waals surface area (Å²) in [5.74, 6) is -1.26. The lowest BCUT2D eigenvalue weighted by atomic mass is 10.1. The number of benzene rings is 4. The Bertz CT molecular complexity index is 2120. The van der Waals surface area contributed by atoms with Gasteiger partial charge in [-0.3, -0.25) is 14.4 Å². The van der Waals surface area contributed by atoms with E-state index in [2.05, 4.69) is 0 Å². The number of carboxylic acids is 2. The Morgan fingerprint density at radius 2 is 1.20 bits per heavy atom. The molecule has 0 radical (unpaired) electrons. The number of Topliss-reactive ketones (excluding diaryl/α,β-unsaturated/α-hetero) is 1. The summed E-state index contributed by atoms with van der Waals surface area (Å²) >= 11 is 2.65. The Balaban J connectivity index is 0.000000192. The molecule has 0 unspecified atom stereocenters. The molecule has 6 aromatic rings. The van der Waals surface area contributed by atoms with Crippen LogP contribution in [0.5, 0.6) is 17.2 Å². The van der Waals surface area contributed by atoms with Crippen LogP contribution in [-0.2, 0) is 16.0 Å². The zero-order valence-electron chi connectivity index (χ0n) is 26.0. The minimum Gasteiger partial charge on any atom is -0.490 e. The van der Waals surface area contributed by atoms with Crippen LogP contribution in [0.3, 0.4) is 0 Å². The number of aliphatic carboxylic acids is 2. The number of ether oxygens (including phenoxy) is 3. The second-order valence-corrected chi connectivity index (χ2v) is 12.6. The van der Waals surface area contributed by atoms with Crippen molar-refractivity contribution in [2.75, 3.05) is 19.8 Å². The van der Waals surface area contributed by atoms with E-state index in [1.54, 1.807) is 36.4 Å². The fraction of sp³-hybridized carbons (Fsp3) is 0.135. The van der Waals surface area contributed by atoms with Gasteiger partial charge in [0.05, 0.1) is 6.42 Å². The van der Waals surface area contributed by atoms with Crippen molar-refractivity contribution in [1.82, 2.24) is 0 Å². The van der Waals surface area contributed by atoms with Gasteiger partial charge in [-0.1, -0.05) is 36.4 Å². The summed E-state index contributed by atoms with van der Waals surface area (Å²) in [6, 6.07) is 27.1. The van der Waals surface area contributed by atoms with Crippen molar-refractivity contribution in [2.24, 2.45) is 0 Å². The van der Waals surface area contributed by atoms with E-state index >= 15 is 0 Å². The molecule has 250 valence electrons. The zero-order valence-corrected chi connectivity index (χ0v) is 27.6. The van der Waals surface area contributed by atoms with Crippen LogP contribution in [0.2, 0.25) is 0 Å². The number of carbonyl (C=O) groups is 4. The monoisotopic (exact) mass is 700 g/mol. The van der Waals surface area contributed by atoms with Crippen LogP contribution in [0.25, 0.3) is 20.2 Å². The maximum Gasteiger partial charge on any atom is 0.341 e. The third kappa shape index (κ3) is 8.86. The normalized spacial score (nSPS) is 10.7. The maximum absolute atomic E-state index is 13.0. The Morgan fingerprint density at radius 3 is 1.78 bits per heavy atom. The molecular weight excluding hydrogens is 672 g/mol. The van der Waals surface area contributed by atoms with Gasteiger partial charge in [0, 0.05) is 32.7 Å². The van der Waals surface area contributed by atoms with E-state index in [1.807, 2.05) is 36.4 Å². The second kappa shape index (κ2) is 16.0. The minimum atomic E-state index is -1.12. The molecule has 0 atom stereocenters. The topological polar surface area (TPSA) is 136 Å². The maximum atomic E-state index is 13.0. The minimum absolute atomic E-state index is 0.0115. The van der Waals surface area contributed by atoms with E-state index < -0.39 is 24.4 Å². The second-order valence-electron chi connectivity index (χ2n) is 10.5. The fourth-order valence-electron chi connectivity index (χ4n) is 4.76. The van der Waals surface area contributed by atoms with Crippen molar-refractivity contribution in [1.29, 1.82) is 0 Å². The van der Waals surface area contributed by atoms with Gasteiger partial charge in [-0.2, -0.15) is 0 Å². The number of carbonyl (C=O) groups excluding carboxylic acids is 2. The number of carboxylic acid groups (broad SMARTS) is 2. The van der Waals surface area contributed by atoms with Crippen molar-refractivity contribution in [3.8, 4) is 17.2 Å². The van der Waals surface area contributed by atoms with Gasteiger partial charge in [-0.25, -0.2) is 9.18 Å². The molecule has 9 nitrogen and oxygen atoms in total. The highest BCUT2D eigenvalue weighted by molar-refractivity contribution is 7.21. The molecule has 0 fully saturated rings. The zero-order chi connectivity index (χ0) is 34.9. The van der Waals surface area contributed by atoms with Crippen molar-refractivity contribution < 1.29 is 48.0 Å². The SMILES string of the molecule is CC(=O)c1sc2ccccc2c1OCCOc1ccc(CC(=O)O)cc1.O=C(O)COc1c(C(=O)c2ccc(F)cc2)sc2ccccc12. The van der Waals surface area contributed by atoms with Crippen molar-refractivity contribution >= 4 is 66.4 Å². The van der Waals surface area contributed by atoms with Crippen LogP contribution in [-0.4, -0.2) is 53.5 Å². The highest BCUT2D eigenvalue weighted by Gasteiger charge is 2.22. The van der Waals surface area contributed by atoms with E-state index in [0.717, 1.165) is 20.3 Å². The lowest BCUT2D eigenvalue weighted by Crippen LogP contribution is -2.11. The van der Waals surface area contributed by atoms with E-state index in [9.17, 15) is 23.6 Å². The molecule has 0 saturated heterocycles. The first-order chi connectivity index (χ1) is 23.6. The van der Waals surface area contributed by atoms with Gasteiger partial charge in [0.25, 0.3) is 0 Å². The summed E-state index contributed by atoms with van der Waals surface area (Å²) in [6.07, 6.45) is -0.0115. The van der Waals surface area contributed by atoms with E-state index in [-0.39, 0.29) is 23.7 Å². The predicted molar refractivity (Wildman–Crippen MR) is 185 cm³/mol. The summed E-state index contributed by atoms with van der Waals surface area (Å²) in [7, 11) is 0. The van der Waals surface area contributed by atoms with Gasteiger partial charge in [-0.05, 0) is 66.2 Å². The van der Waals surface area contributed by atoms with Crippen molar-refractivity contribution in [3.05, 3.63) is 124 Å².